The maximum absolute atomic E-state index is 4.69. The molecule has 1 fully saturated rings. The molecule has 1 aliphatic rings. The van der Waals surface area contributed by atoms with Gasteiger partial charge in [-0.1, -0.05) is 13.8 Å². The van der Waals surface area contributed by atoms with E-state index in [1.807, 2.05) is 7.05 Å². The molecular weight excluding hydrogens is 250 g/mol. The molecule has 3 nitrogen and oxygen atoms in total. The van der Waals surface area contributed by atoms with Crippen molar-refractivity contribution >= 4 is 28.2 Å². The van der Waals surface area contributed by atoms with Crippen LogP contribution in [0, 0.1) is 0 Å². The molecule has 0 amide bonds. The number of nitrogens with one attached hydrogen (secondary N) is 1. The Labute approximate surface area is 112 Å². The number of thiazole rings is 1. The highest BCUT2D eigenvalue weighted by molar-refractivity contribution is 8.00. The highest BCUT2D eigenvalue weighted by atomic mass is 32.2. The second-order valence-electron chi connectivity index (χ2n) is 5.00. The molecule has 1 aliphatic heterocycles. The van der Waals surface area contributed by atoms with Crippen LogP contribution in [0.1, 0.15) is 26.0 Å². The minimum absolute atomic E-state index is 0.416. The molecule has 0 bridgehead atoms. The highest BCUT2D eigenvalue weighted by Crippen LogP contribution is 2.33. The summed E-state index contributed by atoms with van der Waals surface area (Å²) in [5.74, 6) is 1.20. The lowest BCUT2D eigenvalue weighted by Gasteiger charge is -2.22. The molecule has 17 heavy (non-hydrogen) atoms. The molecule has 0 saturated carbocycles. The molecule has 1 saturated heterocycles. The summed E-state index contributed by atoms with van der Waals surface area (Å²) < 4.78 is 0.416. The molecular formula is C12H21N3S2. The van der Waals surface area contributed by atoms with Crippen LogP contribution in [-0.4, -0.2) is 35.6 Å². The zero-order valence-corrected chi connectivity index (χ0v) is 12.5. The molecule has 0 unspecified atom stereocenters. The van der Waals surface area contributed by atoms with Crippen molar-refractivity contribution in [3.63, 3.8) is 0 Å². The van der Waals surface area contributed by atoms with Crippen LogP contribution >= 0.6 is 23.1 Å². The van der Waals surface area contributed by atoms with E-state index in [0.29, 0.717) is 4.75 Å². The fraction of sp³-hybridized carbons (Fsp3) is 0.750. The van der Waals surface area contributed by atoms with Crippen LogP contribution in [0.3, 0.4) is 0 Å². The zero-order valence-electron chi connectivity index (χ0n) is 10.8. The first-order valence-electron chi connectivity index (χ1n) is 6.09. The standard InChI is InChI=1S/C12H21N3S2/c1-12(2)4-5-15(6-7-17-12)11-14-10(8-13-3)9-16-11/h9,13H,4-8H2,1-3H3. The van der Waals surface area contributed by atoms with Crippen molar-refractivity contribution in [2.24, 2.45) is 0 Å². The number of hydrogen-bond acceptors (Lipinski definition) is 5. The van der Waals surface area contributed by atoms with Crippen LogP contribution in [0.15, 0.2) is 5.38 Å². The van der Waals surface area contributed by atoms with Gasteiger partial charge in [0.25, 0.3) is 0 Å². The molecule has 96 valence electrons. The third-order valence-corrected chi connectivity index (χ3v) is 5.33. The van der Waals surface area contributed by atoms with Crippen molar-refractivity contribution in [3.05, 3.63) is 11.1 Å². The van der Waals surface area contributed by atoms with Crippen LogP contribution in [0.5, 0.6) is 0 Å². The summed E-state index contributed by atoms with van der Waals surface area (Å²) in [6.45, 7) is 7.81. The van der Waals surface area contributed by atoms with E-state index in [1.54, 1.807) is 11.3 Å². The summed E-state index contributed by atoms with van der Waals surface area (Å²) in [6.07, 6.45) is 1.23. The quantitative estimate of drug-likeness (QED) is 0.914. The van der Waals surface area contributed by atoms with Gasteiger partial charge in [0.1, 0.15) is 0 Å². The topological polar surface area (TPSA) is 28.2 Å². The summed E-state index contributed by atoms with van der Waals surface area (Å²) in [6, 6.07) is 0. The molecule has 1 aromatic heterocycles. The summed E-state index contributed by atoms with van der Waals surface area (Å²) in [4.78, 5) is 7.12. The fourth-order valence-corrected chi connectivity index (χ4v) is 3.89. The Morgan fingerprint density at radius 2 is 2.29 bits per heavy atom. The van der Waals surface area contributed by atoms with Gasteiger partial charge < -0.3 is 10.2 Å². The number of aromatic nitrogens is 1. The number of rotatable bonds is 3. The fourth-order valence-electron chi connectivity index (χ4n) is 1.92. The van der Waals surface area contributed by atoms with Gasteiger partial charge in [0.15, 0.2) is 5.13 Å². The Bertz CT molecular complexity index is 362. The molecule has 0 radical (unpaired) electrons. The average Bonchev–Trinajstić information content (AvgIpc) is 2.64. The van der Waals surface area contributed by atoms with E-state index in [9.17, 15) is 0 Å². The van der Waals surface area contributed by atoms with Crippen molar-refractivity contribution in [3.8, 4) is 0 Å². The van der Waals surface area contributed by atoms with E-state index >= 15 is 0 Å². The molecule has 5 heteroatoms. The third-order valence-electron chi connectivity index (χ3n) is 3.01. The van der Waals surface area contributed by atoms with E-state index in [-0.39, 0.29) is 0 Å². The Morgan fingerprint density at radius 3 is 3.06 bits per heavy atom. The van der Waals surface area contributed by atoms with Gasteiger partial charge in [-0.3, -0.25) is 0 Å². The predicted molar refractivity (Wildman–Crippen MR) is 78.2 cm³/mol. The largest absolute Gasteiger partial charge is 0.347 e. The smallest absolute Gasteiger partial charge is 0.185 e. The summed E-state index contributed by atoms with van der Waals surface area (Å²) in [5, 5.41) is 6.50. The van der Waals surface area contributed by atoms with E-state index in [4.69, 9.17) is 0 Å². The lowest BCUT2D eigenvalue weighted by molar-refractivity contribution is 0.636. The van der Waals surface area contributed by atoms with E-state index < -0.39 is 0 Å². The predicted octanol–water partition coefficient (Wildman–Crippen LogP) is 2.58. The van der Waals surface area contributed by atoms with Gasteiger partial charge in [0.05, 0.1) is 5.69 Å². The van der Waals surface area contributed by atoms with E-state index in [2.05, 4.69) is 46.2 Å². The summed E-state index contributed by atoms with van der Waals surface area (Å²) in [5.41, 5.74) is 1.16. The Morgan fingerprint density at radius 1 is 1.47 bits per heavy atom. The van der Waals surface area contributed by atoms with Gasteiger partial charge in [0, 0.05) is 35.5 Å². The molecule has 2 heterocycles. The maximum Gasteiger partial charge on any atom is 0.185 e. The summed E-state index contributed by atoms with van der Waals surface area (Å²) >= 11 is 3.85. The van der Waals surface area contributed by atoms with Crippen LogP contribution in [0.2, 0.25) is 0 Å². The zero-order chi connectivity index (χ0) is 12.3. The van der Waals surface area contributed by atoms with Crippen LogP contribution in [-0.2, 0) is 6.54 Å². The van der Waals surface area contributed by atoms with Crippen LogP contribution in [0.4, 0.5) is 5.13 Å². The van der Waals surface area contributed by atoms with Crippen molar-refractivity contribution in [1.29, 1.82) is 0 Å². The molecule has 0 aliphatic carbocycles. The van der Waals surface area contributed by atoms with Crippen molar-refractivity contribution in [2.45, 2.75) is 31.6 Å². The lowest BCUT2D eigenvalue weighted by Crippen LogP contribution is -2.26. The number of thioether (sulfide) groups is 1. The Hall–Kier alpha value is -0.260. The Kier molecular flexibility index (Phi) is 4.33. The number of anilines is 1. The van der Waals surface area contributed by atoms with Gasteiger partial charge in [-0.25, -0.2) is 4.98 Å². The number of hydrogen-bond donors (Lipinski definition) is 1. The van der Waals surface area contributed by atoms with Crippen LogP contribution < -0.4 is 10.2 Å². The maximum atomic E-state index is 4.69. The van der Waals surface area contributed by atoms with Gasteiger partial charge in [-0.05, 0) is 13.5 Å². The van der Waals surface area contributed by atoms with Crippen molar-refractivity contribution in [2.75, 3.05) is 30.8 Å². The first-order valence-corrected chi connectivity index (χ1v) is 7.95. The first-order chi connectivity index (χ1) is 8.11. The van der Waals surface area contributed by atoms with Crippen molar-refractivity contribution in [1.82, 2.24) is 10.3 Å². The number of nitrogens with zero attached hydrogens (tertiary/aromatic N) is 2. The lowest BCUT2D eigenvalue weighted by atomic mass is 10.1. The van der Waals surface area contributed by atoms with Gasteiger partial charge >= 0.3 is 0 Å². The summed E-state index contributed by atoms with van der Waals surface area (Å²) in [7, 11) is 1.96. The average molecular weight is 271 g/mol. The van der Waals surface area contributed by atoms with Gasteiger partial charge in [0.2, 0.25) is 0 Å². The molecule has 0 spiro atoms. The minimum atomic E-state index is 0.416. The second-order valence-corrected chi connectivity index (χ2v) is 7.64. The van der Waals surface area contributed by atoms with Crippen LogP contribution in [0.25, 0.3) is 0 Å². The second kappa shape index (κ2) is 5.59. The van der Waals surface area contributed by atoms with E-state index in [1.165, 1.54) is 17.3 Å². The molecule has 2 rings (SSSR count). The SMILES string of the molecule is CNCc1csc(N2CCSC(C)(C)CC2)n1. The molecule has 1 aromatic rings. The molecule has 0 atom stereocenters. The van der Waals surface area contributed by atoms with Crippen molar-refractivity contribution < 1.29 is 0 Å². The normalized spacial score (nSPS) is 20.3. The third kappa shape index (κ3) is 3.60. The minimum Gasteiger partial charge on any atom is -0.347 e. The highest BCUT2D eigenvalue weighted by Gasteiger charge is 2.24. The molecule has 0 aromatic carbocycles. The molecule has 1 N–H and O–H groups in total. The monoisotopic (exact) mass is 271 g/mol. The first kappa shape index (κ1) is 13.2. The van der Waals surface area contributed by atoms with Gasteiger partial charge in [-0.15, -0.1) is 11.3 Å². The van der Waals surface area contributed by atoms with Gasteiger partial charge in [-0.2, -0.15) is 11.8 Å². The van der Waals surface area contributed by atoms with E-state index in [0.717, 1.165) is 25.3 Å². The Balaban J connectivity index is 2.01.